The van der Waals surface area contributed by atoms with Crippen LogP contribution in [0.25, 0.3) is 0 Å². The molecule has 2 aliphatic rings. The standard InChI is InChI=1S/C17H17FN2O2S/c18-13-1-2-14-15(9-13)22-7-6-20(14)17(21)11-19-5-3-16-12(10-19)4-8-23-16/h1-2,4,8-9H,3,5-7,10-11H2. The Balaban J connectivity index is 1.48. The molecule has 0 unspecified atom stereocenters. The van der Waals surface area contributed by atoms with Gasteiger partial charge in [-0.1, -0.05) is 0 Å². The van der Waals surface area contributed by atoms with Gasteiger partial charge < -0.3 is 9.64 Å². The molecule has 0 atom stereocenters. The van der Waals surface area contributed by atoms with Crippen molar-refractivity contribution in [2.75, 3.05) is 31.1 Å². The molecule has 120 valence electrons. The van der Waals surface area contributed by atoms with Crippen molar-refractivity contribution in [1.82, 2.24) is 4.90 Å². The topological polar surface area (TPSA) is 32.8 Å². The molecule has 23 heavy (non-hydrogen) atoms. The van der Waals surface area contributed by atoms with Crippen molar-refractivity contribution in [3.8, 4) is 5.75 Å². The van der Waals surface area contributed by atoms with Gasteiger partial charge in [-0.15, -0.1) is 11.3 Å². The first-order chi connectivity index (χ1) is 11.2. The van der Waals surface area contributed by atoms with Crippen molar-refractivity contribution in [3.05, 3.63) is 45.9 Å². The Bertz CT molecular complexity index is 746. The van der Waals surface area contributed by atoms with Crippen LogP contribution in [0.1, 0.15) is 10.4 Å². The van der Waals surface area contributed by atoms with Gasteiger partial charge in [0, 0.05) is 24.0 Å². The summed E-state index contributed by atoms with van der Waals surface area (Å²) in [7, 11) is 0. The Morgan fingerprint density at radius 1 is 1.30 bits per heavy atom. The number of hydrogen-bond acceptors (Lipinski definition) is 4. The molecule has 1 amide bonds. The molecule has 0 radical (unpaired) electrons. The lowest BCUT2D eigenvalue weighted by Gasteiger charge is -2.32. The first-order valence-corrected chi connectivity index (χ1v) is 8.59. The lowest BCUT2D eigenvalue weighted by atomic mass is 10.1. The van der Waals surface area contributed by atoms with Crippen LogP contribution in [0, 0.1) is 5.82 Å². The van der Waals surface area contributed by atoms with Gasteiger partial charge in [-0.25, -0.2) is 4.39 Å². The molecule has 0 fully saturated rings. The number of rotatable bonds is 2. The van der Waals surface area contributed by atoms with Gasteiger partial charge in [0.2, 0.25) is 5.91 Å². The van der Waals surface area contributed by atoms with Crippen molar-refractivity contribution in [2.24, 2.45) is 0 Å². The maximum Gasteiger partial charge on any atom is 0.241 e. The molecule has 4 nitrogen and oxygen atoms in total. The van der Waals surface area contributed by atoms with Gasteiger partial charge in [-0.3, -0.25) is 9.69 Å². The van der Waals surface area contributed by atoms with Crippen LogP contribution in [0.4, 0.5) is 10.1 Å². The molecule has 2 aliphatic heterocycles. The molecule has 2 aromatic rings. The predicted molar refractivity (Wildman–Crippen MR) is 87.5 cm³/mol. The average molecular weight is 332 g/mol. The minimum atomic E-state index is -0.348. The van der Waals surface area contributed by atoms with Gasteiger partial charge in [0.05, 0.1) is 18.8 Å². The van der Waals surface area contributed by atoms with Gasteiger partial charge in [-0.2, -0.15) is 0 Å². The zero-order valence-corrected chi connectivity index (χ0v) is 13.4. The normalized spacial score (nSPS) is 17.3. The van der Waals surface area contributed by atoms with Gasteiger partial charge >= 0.3 is 0 Å². The largest absolute Gasteiger partial charge is 0.489 e. The van der Waals surface area contributed by atoms with Crippen molar-refractivity contribution < 1.29 is 13.9 Å². The second-order valence-electron chi connectivity index (χ2n) is 5.84. The van der Waals surface area contributed by atoms with Crippen molar-refractivity contribution in [2.45, 2.75) is 13.0 Å². The maximum atomic E-state index is 13.3. The smallest absolute Gasteiger partial charge is 0.241 e. The highest BCUT2D eigenvalue weighted by Crippen LogP contribution is 2.32. The fourth-order valence-corrected chi connectivity index (χ4v) is 4.06. The summed E-state index contributed by atoms with van der Waals surface area (Å²) in [4.78, 5) is 18.0. The minimum Gasteiger partial charge on any atom is -0.489 e. The van der Waals surface area contributed by atoms with Crippen molar-refractivity contribution in [3.63, 3.8) is 0 Å². The Labute approximate surface area is 138 Å². The van der Waals surface area contributed by atoms with E-state index >= 15 is 0 Å². The lowest BCUT2D eigenvalue weighted by molar-refractivity contribution is -0.120. The Hall–Kier alpha value is -1.92. The summed E-state index contributed by atoms with van der Waals surface area (Å²) in [5.74, 6) is 0.141. The monoisotopic (exact) mass is 332 g/mol. The highest BCUT2D eigenvalue weighted by molar-refractivity contribution is 7.10. The van der Waals surface area contributed by atoms with Crippen molar-refractivity contribution in [1.29, 1.82) is 0 Å². The van der Waals surface area contributed by atoms with Crippen LogP contribution in [-0.2, 0) is 17.8 Å². The first kappa shape index (κ1) is 14.7. The van der Waals surface area contributed by atoms with Gasteiger partial charge in [0.15, 0.2) is 0 Å². The second kappa shape index (κ2) is 5.94. The summed E-state index contributed by atoms with van der Waals surface area (Å²) in [5, 5.41) is 2.11. The molecular formula is C17H17FN2O2S. The van der Waals surface area contributed by atoms with E-state index in [1.54, 1.807) is 22.3 Å². The Morgan fingerprint density at radius 3 is 3.13 bits per heavy atom. The van der Waals surface area contributed by atoms with Crippen LogP contribution in [0.15, 0.2) is 29.6 Å². The molecular weight excluding hydrogens is 315 g/mol. The summed E-state index contributed by atoms with van der Waals surface area (Å²) in [5.41, 5.74) is 1.99. The predicted octanol–water partition coefficient (Wildman–Crippen LogP) is 2.67. The van der Waals surface area contributed by atoms with Gasteiger partial charge in [0.1, 0.15) is 18.2 Å². The first-order valence-electron chi connectivity index (χ1n) is 7.71. The molecule has 0 saturated carbocycles. The molecule has 3 heterocycles. The number of benzene rings is 1. The number of anilines is 1. The van der Waals surface area contributed by atoms with E-state index < -0.39 is 0 Å². The van der Waals surface area contributed by atoms with Crippen LogP contribution in [0.5, 0.6) is 5.75 Å². The number of nitrogens with zero attached hydrogens (tertiary/aromatic N) is 2. The fourth-order valence-electron chi connectivity index (χ4n) is 3.17. The summed E-state index contributed by atoms with van der Waals surface area (Å²) >= 11 is 1.79. The molecule has 1 aromatic heterocycles. The minimum absolute atomic E-state index is 0.0415. The molecule has 1 aromatic carbocycles. The summed E-state index contributed by atoms with van der Waals surface area (Å²) in [6.45, 7) is 3.02. The number of amides is 1. The van der Waals surface area contributed by atoms with E-state index in [-0.39, 0.29) is 11.7 Å². The average Bonchev–Trinajstić information content (AvgIpc) is 3.01. The SMILES string of the molecule is O=C(CN1CCc2sccc2C1)N1CCOc2cc(F)ccc21. The van der Waals surface area contributed by atoms with Crippen LogP contribution < -0.4 is 9.64 Å². The maximum absolute atomic E-state index is 13.3. The molecule has 0 aliphatic carbocycles. The number of fused-ring (bicyclic) bond motifs is 2. The summed E-state index contributed by atoms with van der Waals surface area (Å²) < 4.78 is 18.8. The van der Waals surface area contributed by atoms with Crippen LogP contribution in [-0.4, -0.2) is 37.0 Å². The zero-order valence-electron chi connectivity index (χ0n) is 12.6. The quantitative estimate of drug-likeness (QED) is 0.848. The molecule has 0 bridgehead atoms. The number of ether oxygens (including phenoxy) is 1. The molecule has 4 rings (SSSR count). The zero-order chi connectivity index (χ0) is 15.8. The number of hydrogen-bond donors (Lipinski definition) is 0. The van der Waals surface area contributed by atoms with E-state index in [9.17, 15) is 9.18 Å². The van der Waals surface area contributed by atoms with Gasteiger partial charge in [-0.05, 0) is 35.6 Å². The number of halogens is 1. The fraction of sp³-hybridized carbons (Fsp3) is 0.353. The highest BCUT2D eigenvalue weighted by Gasteiger charge is 2.27. The third kappa shape index (κ3) is 2.84. The van der Waals surface area contributed by atoms with Crippen LogP contribution in [0.2, 0.25) is 0 Å². The van der Waals surface area contributed by atoms with E-state index in [1.807, 2.05) is 0 Å². The number of carbonyl (C=O) groups is 1. The summed E-state index contributed by atoms with van der Waals surface area (Å²) in [6.07, 6.45) is 1.01. The van der Waals surface area contributed by atoms with E-state index in [0.717, 1.165) is 19.5 Å². The Morgan fingerprint density at radius 2 is 2.22 bits per heavy atom. The molecule has 0 saturated heterocycles. The van der Waals surface area contributed by atoms with Crippen LogP contribution in [0.3, 0.4) is 0 Å². The molecule has 6 heteroatoms. The third-order valence-electron chi connectivity index (χ3n) is 4.33. The van der Waals surface area contributed by atoms with Crippen LogP contribution >= 0.6 is 11.3 Å². The summed E-state index contributed by atoms with van der Waals surface area (Å²) in [6, 6.07) is 6.47. The van der Waals surface area contributed by atoms with E-state index in [4.69, 9.17) is 4.74 Å². The van der Waals surface area contributed by atoms with Gasteiger partial charge in [0.25, 0.3) is 0 Å². The highest BCUT2D eigenvalue weighted by atomic mass is 32.1. The lowest BCUT2D eigenvalue weighted by Crippen LogP contribution is -2.45. The van der Waals surface area contributed by atoms with E-state index in [1.165, 1.54) is 22.6 Å². The van der Waals surface area contributed by atoms with E-state index in [0.29, 0.717) is 31.1 Å². The molecule has 0 spiro atoms. The number of thiophene rings is 1. The number of carbonyl (C=O) groups excluding carboxylic acids is 1. The van der Waals surface area contributed by atoms with E-state index in [2.05, 4.69) is 16.3 Å². The second-order valence-corrected chi connectivity index (χ2v) is 6.84. The third-order valence-corrected chi connectivity index (χ3v) is 5.35. The van der Waals surface area contributed by atoms with Crippen molar-refractivity contribution >= 4 is 22.9 Å². The molecule has 0 N–H and O–H groups in total. The Kier molecular flexibility index (Phi) is 3.79.